The van der Waals surface area contributed by atoms with Gasteiger partial charge in [-0.15, -0.1) is 0 Å². The predicted octanol–water partition coefficient (Wildman–Crippen LogP) is 1.81. The fourth-order valence-corrected chi connectivity index (χ4v) is 4.94. The van der Waals surface area contributed by atoms with E-state index in [9.17, 15) is 13.2 Å². The Hall–Kier alpha value is -2.81. The number of pyridine rings is 1. The Kier molecular flexibility index (Phi) is 4.39. The Bertz CT molecular complexity index is 975. The van der Waals surface area contributed by atoms with Crippen molar-refractivity contribution in [1.29, 1.82) is 0 Å². The number of carbonyl (C=O) groups excluding carboxylic acids is 1. The van der Waals surface area contributed by atoms with E-state index in [1.54, 1.807) is 19.2 Å². The maximum atomic E-state index is 12.6. The van der Waals surface area contributed by atoms with Crippen molar-refractivity contribution in [2.75, 3.05) is 30.7 Å². The monoisotopic (exact) mass is 389 g/mol. The molecule has 142 valence electrons. The molecule has 1 aromatic carbocycles. The lowest BCUT2D eigenvalue weighted by atomic mass is 10.2. The van der Waals surface area contributed by atoms with Gasteiger partial charge < -0.3 is 19.7 Å². The summed E-state index contributed by atoms with van der Waals surface area (Å²) in [7, 11) is -1.41. The molecule has 0 bridgehead atoms. The zero-order valence-corrected chi connectivity index (χ0v) is 15.5. The van der Waals surface area contributed by atoms with Gasteiger partial charge in [-0.05, 0) is 30.7 Å². The van der Waals surface area contributed by atoms with Gasteiger partial charge in [-0.1, -0.05) is 0 Å². The number of fused-ring (bicyclic) bond motifs is 1. The smallest absolute Gasteiger partial charge is 0.255 e. The van der Waals surface area contributed by atoms with Crippen LogP contribution in [-0.2, 0) is 9.84 Å². The van der Waals surface area contributed by atoms with Gasteiger partial charge in [-0.3, -0.25) is 4.79 Å². The molecular formula is C18H19N3O5S. The van der Waals surface area contributed by atoms with Crippen LogP contribution in [0.15, 0.2) is 36.5 Å². The van der Waals surface area contributed by atoms with Gasteiger partial charge in [0.1, 0.15) is 5.82 Å². The molecule has 2 aliphatic rings. The van der Waals surface area contributed by atoms with Crippen LogP contribution in [0, 0.1) is 0 Å². The predicted molar refractivity (Wildman–Crippen MR) is 99.2 cm³/mol. The maximum Gasteiger partial charge on any atom is 0.255 e. The number of anilines is 2. The molecule has 2 aromatic rings. The van der Waals surface area contributed by atoms with Crippen LogP contribution in [0.1, 0.15) is 16.8 Å². The highest BCUT2D eigenvalue weighted by Gasteiger charge is 2.33. The number of carbonyl (C=O) groups is 1. The highest BCUT2D eigenvalue weighted by molar-refractivity contribution is 7.91. The molecular weight excluding hydrogens is 370 g/mol. The summed E-state index contributed by atoms with van der Waals surface area (Å²) in [6.45, 7) is 0.212. The summed E-state index contributed by atoms with van der Waals surface area (Å²) in [5, 5.41) is 3.14. The minimum Gasteiger partial charge on any atom is -0.454 e. The average molecular weight is 389 g/mol. The van der Waals surface area contributed by atoms with Gasteiger partial charge in [0, 0.05) is 31.0 Å². The minimum absolute atomic E-state index is 0.0203. The zero-order valence-electron chi connectivity index (χ0n) is 14.7. The molecule has 1 amide bonds. The number of hydrogen-bond acceptors (Lipinski definition) is 7. The van der Waals surface area contributed by atoms with Crippen molar-refractivity contribution in [3.8, 4) is 11.5 Å². The molecule has 1 N–H and O–H groups in total. The summed E-state index contributed by atoms with van der Waals surface area (Å²) in [5.74, 6) is 1.86. The molecule has 0 spiro atoms. The van der Waals surface area contributed by atoms with Crippen LogP contribution in [0.2, 0.25) is 0 Å². The van der Waals surface area contributed by atoms with Crippen molar-refractivity contribution >= 4 is 27.2 Å². The zero-order chi connectivity index (χ0) is 19.0. The molecule has 4 rings (SSSR count). The number of sulfone groups is 1. The van der Waals surface area contributed by atoms with Crippen LogP contribution in [0.5, 0.6) is 11.5 Å². The van der Waals surface area contributed by atoms with E-state index in [0.29, 0.717) is 29.3 Å². The molecule has 1 saturated heterocycles. The van der Waals surface area contributed by atoms with E-state index in [1.807, 2.05) is 18.2 Å². The molecule has 2 aliphatic heterocycles. The minimum atomic E-state index is -3.04. The van der Waals surface area contributed by atoms with E-state index in [2.05, 4.69) is 10.3 Å². The summed E-state index contributed by atoms with van der Waals surface area (Å²) in [6.07, 6.45) is 1.96. The second-order valence-electron chi connectivity index (χ2n) is 6.60. The largest absolute Gasteiger partial charge is 0.454 e. The number of ether oxygens (including phenoxy) is 2. The standard InChI is InChI=1S/C18H19N3O5S/c1-21(14-6-7-27(23,24)10-14)18(22)12-2-5-17(19-9-12)20-13-3-4-15-16(8-13)26-11-25-15/h2-5,8-9,14H,6-7,10-11H2,1H3,(H,19,20). The molecule has 1 atom stereocenters. The number of amides is 1. The van der Waals surface area contributed by atoms with E-state index in [1.165, 1.54) is 11.1 Å². The molecule has 0 saturated carbocycles. The number of benzene rings is 1. The number of hydrogen-bond donors (Lipinski definition) is 1. The first kappa shape index (κ1) is 17.6. The Morgan fingerprint density at radius 2 is 2.04 bits per heavy atom. The lowest BCUT2D eigenvalue weighted by molar-refractivity contribution is 0.0747. The van der Waals surface area contributed by atoms with Gasteiger partial charge in [0.05, 0.1) is 17.1 Å². The van der Waals surface area contributed by atoms with E-state index in [4.69, 9.17) is 9.47 Å². The summed E-state index contributed by atoms with van der Waals surface area (Å²) in [5.41, 5.74) is 1.21. The lowest BCUT2D eigenvalue weighted by Gasteiger charge is -2.23. The van der Waals surface area contributed by atoms with Crippen LogP contribution >= 0.6 is 0 Å². The molecule has 0 radical (unpaired) electrons. The highest BCUT2D eigenvalue weighted by Crippen LogP contribution is 2.34. The molecule has 8 nitrogen and oxygen atoms in total. The lowest BCUT2D eigenvalue weighted by Crippen LogP contribution is -2.37. The van der Waals surface area contributed by atoms with Gasteiger partial charge in [0.2, 0.25) is 6.79 Å². The van der Waals surface area contributed by atoms with Crippen molar-refractivity contribution < 1.29 is 22.7 Å². The van der Waals surface area contributed by atoms with Gasteiger partial charge >= 0.3 is 0 Å². The molecule has 1 aromatic heterocycles. The molecule has 1 fully saturated rings. The first-order valence-corrected chi connectivity index (χ1v) is 10.3. The quantitative estimate of drug-likeness (QED) is 0.852. The normalized spacial score (nSPS) is 19.7. The fourth-order valence-electron chi connectivity index (χ4n) is 3.17. The van der Waals surface area contributed by atoms with Crippen LogP contribution in [0.3, 0.4) is 0 Å². The third kappa shape index (κ3) is 3.68. The Labute approximate surface area is 157 Å². The molecule has 27 heavy (non-hydrogen) atoms. The third-order valence-corrected chi connectivity index (χ3v) is 6.48. The Morgan fingerprint density at radius 1 is 1.22 bits per heavy atom. The third-order valence-electron chi connectivity index (χ3n) is 4.73. The summed E-state index contributed by atoms with van der Waals surface area (Å²) in [6, 6.07) is 8.57. The first-order chi connectivity index (χ1) is 12.9. The van der Waals surface area contributed by atoms with Crippen molar-refractivity contribution in [3.05, 3.63) is 42.1 Å². The van der Waals surface area contributed by atoms with E-state index >= 15 is 0 Å². The van der Waals surface area contributed by atoms with Crippen molar-refractivity contribution in [3.63, 3.8) is 0 Å². The number of nitrogens with zero attached hydrogens (tertiary/aromatic N) is 2. The fraction of sp³-hybridized carbons (Fsp3) is 0.333. The van der Waals surface area contributed by atoms with Crippen LogP contribution in [-0.4, -0.2) is 55.6 Å². The Morgan fingerprint density at radius 3 is 2.74 bits per heavy atom. The van der Waals surface area contributed by atoms with Crippen LogP contribution < -0.4 is 14.8 Å². The van der Waals surface area contributed by atoms with Crippen LogP contribution in [0.4, 0.5) is 11.5 Å². The Balaban J connectivity index is 1.43. The van der Waals surface area contributed by atoms with Gasteiger partial charge in [-0.25, -0.2) is 13.4 Å². The maximum absolute atomic E-state index is 12.6. The molecule has 1 unspecified atom stereocenters. The molecule has 3 heterocycles. The van der Waals surface area contributed by atoms with Gasteiger partial charge in [0.25, 0.3) is 5.91 Å². The summed E-state index contributed by atoms with van der Waals surface area (Å²) in [4.78, 5) is 18.4. The second kappa shape index (κ2) is 6.73. The van der Waals surface area contributed by atoms with E-state index in [0.717, 1.165) is 5.69 Å². The average Bonchev–Trinajstić information content (AvgIpc) is 3.26. The van der Waals surface area contributed by atoms with Crippen molar-refractivity contribution in [2.24, 2.45) is 0 Å². The number of rotatable bonds is 4. The summed E-state index contributed by atoms with van der Waals surface area (Å²) >= 11 is 0. The van der Waals surface area contributed by atoms with Crippen molar-refractivity contribution in [2.45, 2.75) is 12.5 Å². The van der Waals surface area contributed by atoms with Gasteiger partial charge in [-0.2, -0.15) is 0 Å². The van der Waals surface area contributed by atoms with E-state index in [-0.39, 0.29) is 30.2 Å². The molecule has 0 aliphatic carbocycles. The topological polar surface area (TPSA) is 97.8 Å². The molecule has 9 heteroatoms. The second-order valence-corrected chi connectivity index (χ2v) is 8.83. The highest BCUT2D eigenvalue weighted by atomic mass is 32.2. The van der Waals surface area contributed by atoms with Crippen LogP contribution in [0.25, 0.3) is 0 Å². The number of aromatic nitrogens is 1. The van der Waals surface area contributed by atoms with Gasteiger partial charge in [0.15, 0.2) is 21.3 Å². The first-order valence-electron chi connectivity index (χ1n) is 8.52. The SMILES string of the molecule is CN(C(=O)c1ccc(Nc2ccc3c(c2)OCO3)nc1)C1CCS(=O)(=O)C1. The number of nitrogens with one attached hydrogen (secondary N) is 1. The van der Waals surface area contributed by atoms with Crippen molar-refractivity contribution in [1.82, 2.24) is 9.88 Å². The summed E-state index contributed by atoms with van der Waals surface area (Å²) < 4.78 is 33.9. The van der Waals surface area contributed by atoms with E-state index < -0.39 is 9.84 Å².